The molecule has 0 aliphatic carbocycles. The van der Waals surface area contributed by atoms with Crippen LogP contribution in [0, 0.1) is 13.8 Å². The fourth-order valence-electron chi connectivity index (χ4n) is 3.14. The topological polar surface area (TPSA) is 52.2 Å². The predicted molar refractivity (Wildman–Crippen MR) is 111 cm³/mol. The van der Waals surface area contributed by atoms with Gasteiger partial charge in [0.15, 0.2) is 5.16 Å². The fourth-order valence-corrected chi connectivity index (χ4v) is 3.92. The van der Waals surface area contributed by atoms with Crippen molar-refractivity contribution in [3.63, 3.8) is 0 Å². The van der Waals surface area contributed by atoms with Crippen LogP contribution in [0.3, 0.4) is 0 Å². The number of nitrogens with zero attached hydrogens (tertiary/aromatic N) is 4. The molecule has 4 rings (SSSR count). The average Bonchev–Trinajstić information content (AvgIpc) is 3.07. The molecule has 6 heteroatoms. The van der Waals surface area contributed by atoms with Crippen molar-refractivity contribution in [2.45, 2.75) is 25.9 Å². The number of aryl methyl sites for hydroxylation is 2. The van der Waals surface area contributed by atoms with E-state index in [1.807, 2.05) is 67.6 Å². The van der Waals surface area contributed by atoms with Gasteiger partial charge in [0, 0.05) is 5.75 Å². The smallest absolute Gasteiger partial charge is 0.267 e. The van der Waals surface area contributed by atoms with Gasteiger partial charge in [0.25, 0.3) is 5.56 Å². The summed E-state index contributed by atoms with van der Waals surface area (Å²) in [7, 11) is 0. The third-order valence-electron chi connectivity index (χ3n) is 4.45. The third-order valence-corrected chi connectivity index (χ3v) is 5.61. The van der Waals surface area contributed by atoms with Crippen LogP contribution in [-0.2, 0) is 0 Å². The van der Waals surface area contributed by atoms with Crippen LogP contribution in [-0.4, -0.2) is 24.9 Å². The highest BCUT2D eigenvalue weighted by atomic mass is 32.2. The van der Waals surface area contributed by atoms with Crippen LogP contribution in [0.5, 0.6) is 0 Å². The summed E-state index contributed by atoms with van der Waals surface area (Å²) in [4.78, 5) is 13.3. The van der Waals surface area contributed by atoms with E-state index in [-0.39, 0.29) is 5.56 Å². The maximum Gasteiger partial charge on any atom is 0.267 e. The molecule has 27 heavy (non-hydrogen) atoms. The Kier molecular flexibility index (Phi) is 4.36. The molecule has 0 N–H and O–H groups in total. The molecule has 0 aliphatic heterocycles. The molecular weight excluding hydrogens is 356 g/mol. The second-order valence-electron chi connectivity index (χ2n) is 6.81. The Hall–Kier alpha value is -2.86. The predicted octanol–water partition coefficient (Wildman–Crippen LogP) is 4.32. The maximum absolute atomic E-state index is 13.3. The third kappa shape index (κ3) is 2.96. The molecule has 2 aromatic carbocycles. The SMILES string of the molecule is C=C(C)CSc1nnc2n(-c3cc(C)ccc3C)c(=O)c3ccccc3n12. The average molecular weight is 376 g/mol. The summed E-state index contributed by atoms with van der Waals surface area (Å²) in [5.74, 6) is 1.27. The minimum absolute atomic E-state index is 0.0874. The Morgan fingerprint density at radius 3 is 2.70 bits per heavy atom. The molecule has 0 unspecified atom stereocenters. The van der Waals surface area contributed by atoms with Crippen LogP contribution in [0.4, 0.5) is 0 Å². The first kappa shape index (κ1) is 17.5. The first-order chi connectivity index (χ1) is 13.0. The number of hydrogen-bond acceptors (Lipinski definition) is 4. The lowest BCUT2D eigenvalue weighted by Crippen LogP contribution is -2.22. The zero-order valence-corrected chi connectivity index (χ0v) is 16.4. The molecule has 0 amide bonds. The van der Waals surface area contributed by atoms with Gasteiger partial charge in [-0.3, -0.25) is 9.20 Å². The minimum atomic E-state index is -0.0874. The fraction of sp³-hybridized carbons (Fsp3) is 0.190. The number of rotatable bonds is 4. The number of benzene rings is 2. The van der Waals surface area contributed by atoms with Gasteiger partial charge in [-0.1, -0.05) is 48.2 Å². The van der Waals surface area contributed by atoms with Gasteiger partial charge in [-0.15, -0.1) is 10.2 Å². The highest BCUT2D eigenvalue weighted by Crippen LogP contribution is 2.25. The van der Waals surface area contributed by atoms with Gasteiger partial charge in [-0.05, 0) is 50.1 Å². The van der Waals surface area contributed by atoms with Gasteiger partial charge >= 0.3 is 0 Å². The molecule has 5 nitrogen and oxygen atoms in total. The van der Waals surface area contributed by atoms with E-state index < -0.39 is 0 Å². The van der Waals surface area contributed by atoms with E-state index in [1.54, 1.807) is 16.3 Å². The van der Waals surface area contributed by atoms with Crippen LogP contribution in [0.2, 0.25) is 0 Å². The van der Waals surface area contributed by atoms with Crippen LogP contribution in [0.1, 0.15) is 18.1 Å². The Balaban J connectivity index is 2.12. The summed E-state index contributed by atoms with van der Waals surface area (Å²) in [5.41, 5.74) is 4.72. The largest absolute Gasteiger partial charge is 0.268 e. The van der Waals surface area contributed by atoms with E-state index in [9.17, 15) is 4.79 Å². The minimum Gasteiger partial charge on any atom is -0.268 e. The molecule has 0 fully saturated rings. The summed E-state index contributed by atoms with van der Waals surface area (Å²) < 4.78 is 3.63. The first-order valence-corrected chi connectivity index (χ1v) is 9.69. The van der Waals surface area contributed by atoms with Gasteiger partial charge in [0.1, 0.15) is 0 Å². The zero-order valence-electron chi connectivity index (χ0n) is 15.6. The molecule has 0 aliphatic rings. The molecule has 0 saturated carbocycles. The van der Waals surface area contributed by atoms with Crippen molar-refractivity contribution in [2.24, 2.45) is 0 Å². The maximum atomic E-state index is 13.3. The summed E-state index contributed by atoms with van der Waals surface area (Å²) in [5, 5.41) is 10.1. The second kappa shape index (κ2) is 6.70. The van der Waals surface area contributed by atoms with E-state index in [0.29, 0.717) is 11.2 Å². The molecule has 2 aromatic heterocycles. The first-order valence-electron chi connectivity index (χ1n) is 8.71. The monoisotopic (exact) mass is 376 g/mol. The van der Waals surface area contributed by atoms with Crippen LogP contribution in [0.25, 0.3) is 22.4 Å². The standard InChI is InChI=1S/C21H20N4OS/c1-13(2)12-27-21-23-22-20-24(18-11-14(3)9-10-15(18)4)19(26)16-7-5-6-8-17(16)25(20)21/h5-11H,1,12H2,2-4H3. The molecular formula is C21H20N4OS. The molecule has 2 heterocycles. The lowest BCUT2D eigenvalue weighted by Gasteiger charge is -2.14. The van der Waals surface area contributed by atoms with Crippen molar-refractivity contribution in [1.82, 2.24) is 19.2 Å². The highest BCUT2D eigenvalue weighted by molar-refractivity contribution is 7.99. The number of aromatic nitrogens is 4. The van der Waals surface area contributed by atoms with E-state index in [2.05, 4.69) is 16.8 Å². The Labute approximate surface area is 161 Å². The van der Waals surface area contributed by atoms with Gasteiger partial charge in [-0.2, -0.15) is 0 Å². The van der Waals surface area contributed by atoms with Crippen molar-refractivity contribution >= 4 is 28.4 Å². The number of para-hydroxylation sites is 1. The zero-order chi connectivity index (χ0) is 19.1. The molecule has 0 atom stereocenters. The Morgan fingerprint density at radius 2 is 1.93 bits per heavy atom. The molecule has 0 saturated heterocycles. The van der Waals surface area contributed by atoms with Gasteiger partial charge in [0.2, 0.25) is 5.78 Å². The lowest BCUT2D eigenvalue weighted by atomic mass is 10.1. The van der Waals surface area contributed by atoms with Crippen LogP contribution >= 0.6 is 11.8 Å². The van der Waals surface area contributed by atoms with Crippen molar-refractivity contribution < 1.29 is 0 Å². The number of thioether (sulfide) groups is 1. The molecule has 136 valence electrons. The summed E-state index contributed by atoms with van der Waals surface area (Å²) >= 11 is 1.57. The van der Waals surface area contributed by atoms with E-state index in [4.69, 9.17) is 0 Å². The second-order valence-corrected chi connectivity index (χ2v) is 7.75. The quantitative estimate of drug-likeness (QED) is 0.393. The Bertz CT molecular complexity index is 1250. The van der Waals surface area contributed by atoms with Crippen LogP contribution < -0.4 is 5.56 Å². The van der Waals surface area contributed by atoms with Crippen molar-refractivity contribution in [3.05, 3.63) is 76.1 Å². The summed E-state index contributed by atoms with van der Waals surface area (Å²) in [6.45, 7) is 9.97. The number of hydrogen-bond donors (Lipinski definition) is 0. The van der Waals surface area contributed by atoms with Crippen molar-refractivity contribution in [2.75, 3.05) is 5.75 Å². The highest BCUT2D eigenvalue weighted by Gasteiger charge is 2.18. The molecule has 0 bridgehead atoms. The van der Waals surface area contributed by atoms with Gasteiger partial charge < -0.3 is 0 Å². The normalized spacial score (nSPS) is 11.4. The van der Waals surface area contributed by atoms with Gasteiger partial charge in [-0.25, -0.2) is 4.57 Å². The summed E-state index contributed by atoms with van der Waals surface area (Å²) in [6.07, 6.45) is 0. The lowest BCUT2D eigenvalue weighted by molar-refractivity contribution is 0.929. The van der Waals surface area contributed by atoms with Crippen LogP contribution in [0.15, 0.2) is 64.6 Å². The van der Waals surface area contributed by atoms with Crippen molar-refractivity contribution in [1.29, 1.82) is 0 Å². The van der Waals surface area contributed by atoms with E-state index in [1.165, 1.54) is 0 Å². The van der Waals surface area contributed by atoms with E-state index in [0.717, 1.165) is 38.8 Å². The summed E-state index contributed by atoms with van der Waals surface area (Å²) in [6, 6.07) is 13.7. The Morgan fingerprint density at radius 1 is 1.15 bits per heavy atom. The molecule has 0 spiro atoms. The molecule has 0 radical (unpaired) electrons. The van der Waals surface area contributed by atoms with Gasteiger partial charge in [0.05, 0.1) is 16.6 Å². The van der Waals surface area contributed by atoms with E-state index >= 15 is 0 Å². The molecule has 4 aromatic rings. The number of fused-ring (bicyclic) bond motifs is 3. The van der Waals surface area contributed by atoms with Crippen molar-refractivity contribution in [3.8, 4) is 5.69 Å².